The van der Waals surface area contributed by atoms with Crippen LogP contribution in [0.1, 0.15) is 13.8 Å². The van der Waals surface area contributed by atoms with E-state index in [0.29, 0.717) is 17.0 Å². The zero-order valence-electron chi connectivity index (χ0n) is 14.7. The Labute approximate surface area is 156 Å². The molecule has 1 amide bonds. The van der Waals surface area contributed by atoms with E-state index >= 15 is 0 Å². The molecule has 1 heterocycles. The molecular weight excluding hydrogens is 350 g/mol. The third-order valence-electron chi connectivity index (χ3n) is 3.74. The highest BCUT2D eigenvalue weighted by atomic mass is 32.1. The van der Waals surface area contributed by atoms with Gasteiger partial charge in [-0.1, -0.05) is 13.8 Å². The Bertz CT molecular complexity index is 948. The maximum atomic E-state index is 11.7. The molecule has 0 aliphatic heterocycles. The molecule has 1 aromatic heterocycles. The fraction of sp³-hybridized carbons (Fsp3) is 0.211. The van der Waals surface area contributed by atoms with Crippen LogP contribution in [0.3, 0.4) is 0 Å². The monoisotopic (exact) mass is 369 g/mol. The van der Waals surface area contributed by atoms with Crippen LogP contribution in [0.4, 0.5) is 5.69 Å². The first-order chi connectivity index (χ1) is 12.5. The standard InChI is InChI=1S/C19H19N3O3S/c1-11(2)17(23)22-19(26)20-13-6-9-16-15(10-13)21-18(25-16)12-4-7-14(24-3)8-5-12/h4-11H,1-3H3,(H2,20,22,23,26). The van der Waals surface area contributed by atoms with E-state index in [2.05, 4.69) is 15.6 Å². The van der Waals surface area contributed by atoms with Crippen molar-refractivity contribution in [2.24, 2.45) is 5.92 Å². The van der Waals surface area contributed by atoms with Gasteiger partial charge < -0.3 is 19.8 Å². The fourth-order valence-electron chi connectivity index (χ4n) is 2.28. The number of benzene rings is 2. The van der Waals surface area contributed by atoms with E-state index in [9.17, 15) is 4.79 Å². The minimum Gasteiger partial charge on any atom is -0.497 e. The van der Waals surface area contributed by atoms with Gasteiger partial charge in [0.15, 0.2) is 10.7 Å². The quantitative estimate of drug-likeness (QED) is 0.678. The lowest BCUT2D eigenvalue weighted by Gasteiger charge is -2.10. The van der Waals surface area contributed by atoms with Crippen LogP contribution in [0.25, 0.3) is 22.6 Å². The number of aromatic nitrogens is 1. The van der Waals surface area contributed by atoms with E-state index < -0.39 is 0 Å². The SMILES string of the molecule is COc1ccc(-c2nc3cc(NC(=S)NC(=O)C(C)C)ccc3o2)cc1. The van der Waals surface area contributed by atoms with Crippen molar-refractivity contribution in [1.29, 1.82) is 0 Å². The highest BCUT2D eigenvalue weighted by Gasteiger charge is 2.11. The first-order valence-electron chi connectivity index (χ1n) is 8.13. The largest absolute Gasteiger partial charge is 0.497 e. The van der Waals surface area contributed by atoms with Crippen molar-refractivity contribution in [2.45, 2.75) is 13.8 Å². The third-order valence-corrected chi connectivity index (χ3v) is 3.95. The second-order valence-corrected chi connectivity index (χ2v) is 6.44. The van der Waals surface area contributed by atoms with Crippen LogP contribution in [0.2, 0.25) is 0 Å². The molecular formula is C19H19N3O3S. The summed E-state index contributed by atoms with van der Waals surface area (Å²) in [7, 11) is 1.62. The van der Waals surface area contributed by atoms with E-state index in [1.807, 2.05) is 42.5 Å². The van der Waals surface area contributed by atoms with Crippen LogP contribution in [-0.4, -0.2) is 23.1 Å². The lowest BCUT2D eigenvalue weighted by Crippen LogP contribution is -2.36. The van der Waals surface area contributed by atoms with Crippen LogP contribution in [0, 0.1) is 5.92 Å². The van der Waals surface area contributed by atoms with Gasteiger partial charge in [-0.25, -0.2) is 4.98 Å². The first kappa shape index (κ1) is 17.9. The molecule has 6 nitrogen and oxygen atoms in total. The summed E-state index contributed by atoms with van der Waals surface area (Å²) in [6.45, 7) is 3.61. The number of nitrogens with one attached hydrogen (secondary N) is 2. The molecule has 0 unspecified atom stereocenters. The summed E-state index contributed by atoms with van der Waals surface area (Å²) in [5.74, 6) is 1.02. The Morgan fingerprint density at radius 1 is 1.19 bits per heavy atom. The van der Waals surface area contributed by atoms with Gasteiger partial charge in [0.05, 0.1) is 7.11 Å². The van der Waals surface area contributed by atoms with Gasteiger partial charge >= 0.3 is 0 Å². The number of methoxy groups -OCH3 is 1. The van der Waals surface area contributed by atoms with Crippen LogP contribution in [0.15, 0.2) is 46.9 Å². The van der Waals surface area contributed by atoms with Gasteiger partial charge in [0.25, 0.3) is 0 Å². The minimum absolute atomic E-state index is 0.133. The van der Waals surface area contributed by atoms with Gasteiger partial charge in [-0.15, -0.1) is 0 Å². The Morgan fingerprint density at radius 2 is 1.92 bits per heavy atom. The maximum absolute atomic E-state index is 11.7. The third kappa shape index (κ3) is 4.00. The smallest absolute Gasteiger partial charge is 0.228 e. The predicted molar refractivity (Wildman–Crippen MR) is 105 cm³/mol. The molecule has 2 N–H and O–H groups in total. The number of hydrogen-bond donors (Lipinski definition) is 2. The zero-order chi connectivity index (χ0) is 18.7. The molecule has 0 radical (unpaired) electrons. The Kier molecular flexibility index (Phi) is 5.18. The summed E-state index contributed by atoms with van der Waals surface area (Å²) in [5.41, 5.74) is 2.94. The molecule has 3 aromatic rings. The molecule has 134 valence electrons. The van der Waals surface area contributed by atoms with Crippen molar-refractivity contribution in [3.05, 3.63) is 42.5 Å². The molecule has 0 spiro atoms. The first-order valence-corrected chi connectivity index (χ1v) is 8.54. The normalized spacial score (nSPS) is 10.8. The Hall–Kier alpha value is -2.93. The van der Waals surface area contributed by atoms with Gasteiger partial charge in [0, 0.05) is 17.2 Å². The van der Waals surface area contributed by atoms with Crippen molar-refractivity contribution >= 4 is 40.0 Å². The molecule has 3 rings (SSSR count). The molecule has 0 fully saturated rings. The number of ether oxygens (including phenoxy) is 1. The lowest BCUT2D eigenvalue weighted by molar-refractivity contribution is -0.122. The number of fused-ring (bicyclic) bond motifs is 1. The lowest BCUT2D eigenvalue weighted by atomic mass is 10.2. The number of oxazole rings is 1. The second-order valence-electron chi connectivity index (χ2n) is 6.03. The molecule has 2 aromatic carbocycles. The van der Waals surface area contributed by atoms with Gasteiger partial charge in [0.1, 0.15) is 11.3 Å². The van der Waals surface area contributed by atoms with Crippen LogP contribution in [-0.2, 0) is 4.79 Å². The van der Waals surface area contributed by atoms with Gasteiger partial charge in [-0.2, -0.15) is 0 Å². The van der Waals surface area contributed by atoms with E-state index in [-0.39, 0.29) is 16.9 Å². The number of carbonyl (C=O) groups is 1. The number of rotatable bonds is 4. The Morgan fingerprint density at radius 3 is 2.58 bits per heavy atom. The van der Waals surface area contributed by atoms with E-state index in [1.165, 1.54) is 0 Å². The molecule has 0 aliphatic carbocycles. The highest BCUT2D eigenvalue weighted by Crippen LogP contribution is 2.27. The van der Waals surface area contributed by atoms with Crippen molar-refractivity contribution in [1.82, 2.24) is 10.3 Å². The average molecular weight is 369 g/mol. The fourth-order valence-corrected chi connectivity index (χ4v) is 2.50. The molecule has 0 bridgehead atoms. The highest BCUT2D eigenvalue weighted by molar-refractivity contribution is 7.80. The summed E-state index contributed by atoms with van der Waals surface area (Å²) < 4.78 is 11.0. The second kappa shape index (κ2) is 7.53. The van der Waals surface area contributed by atoms with Crippen molar-refractivity contribution in [3.8, 4) is 17.2 Å². The molecule has 0 saturated carbocycles. The van der Waals surface area contributed by atoms with Crippen molar-refractivity contribution in [2.75, 3.05) is 12.4 Å². The van der Waals surface area contributed by atoms with E-state index in [0.717, 1.165) is 17.0 Å². The van der Waals surface area contributed by atoms with E-state index in [4.69, 9.17) is 21.4 Å². The summed E-state index contributed by atoms with van der Waals surface area (Å²) in [6, 6.07) is 12.9. The predicted octanol–water partition coefficient (Wildman–Crippen LogP) is 3.97. The molecule has 0 atom stereocenters. The summed E-state index contributed by atoms with van der Waals surface area (Å²) >= 11 is 5.16. The van der Waals surface area contributed by atoms with E-state index in [1.54, 1.807) is 21.0 Å². The molecule has 0 aliphatic rings. The average Bonchev–Trinajstić information content (AvgIpc) is 3.04. The van der Waals surface area contributed by atoms with Crippen molar-refractivity contribution < 1.29 is 13.9 Å². The number of thiocarbonyl (C=S) groups is 1. The van der Waals surface area contributed by atoms with Gasteiger partial charge in [0.2, 0.25) is 11.8 Å². The summed E-state index contributed by atoms with van der Waals surface area (Å²) in [6.07, 6.45) is 0. The number of anilines is 1. The number of hydrogen-bond acceptors (Lipinski definition) is 5. The zero-order valence-corrected chi connectivity index (χ0v) is 15.5. The summed E-state index contributed by atoms with van der Waals surface area (Å²) in [4.78, 5) is 16.2. The summed E-state index contributed by atoms with van der Waals surface area (Å²) in [5, 5.41) is 5.88. The molecule has 7 heteroatoms. The maximum Gasteiger partial charge on any atom is 0.228 e. The van der Waals surface area contributed by atoms with Gasteiger partial charge in [-0.05, 0) is 54.7 Å². The minimum atomic E-state index is -0.139. The van der Waals surface area contributed by atoms with Crippen LogP contribution >= 0.6 is 12.2 Å². The number of nitrogens with zero attached hydrogens (tertiary/aromatic N) is 1. The molecule has 0 saturated heterocycles. The topological polar surface area (TPSA) is 76.4 Å². The number of amides is 1. The van der Waals surface area contributed by atoms with Crippen molar-refractivity contribution in [3.63, 3.8) is 0 Å². The Balaban J connectivity index is 1.78. The molecule has 26 heavy (non-hydrogen) atoms. The van der Waals surface area contributed by atoms with Crippen LogP contribution < -0.4 is 15.4 Å². The van der Waals surface area contributed by atoms with Crippen LogP contribution in [0.5, 0.6) is 5.75 Å². The van der Waals surface area contributed by atoms with Gasteiger partial charge in [-0.3, -0.25) is 4.79 Å². The number of carbonyl (C=O) groups excluding carboxylic acids is 1.